The molecule has 0 saturated carbocycles. The fourth-order valence-corrected chi connectivity index (χ4v) is 4.28. The Balaban J connectivity index is 1.79. The topological polar surface area (TPSA) is 138 Å². The third-order valence-corrected chi connectivity index (χ3v) is 6.32. The summed E-state index contributed by atoms with van der Waals surface area (Å²) in [6, 6.07) is 6.29. The number of hydrogen-bond donors (Lipinski definition) is 2. The number of benzene rings is 1. The van der Waals surface area contributed by atoms with Gasteiger partial charge < -0.3 is 24.8 Å². The van der Waals surface area contributed by atoms with Crippen LogP contribution in [0.5, 0.6) is 0 Å². The highest BCUT2D eigenvalue weighted by Crippen LogP contribution is 2.32. The molecule has 0 bridgehead atoms. The minimum absolute atomic E-state index is 0.0926. The van der Waals surface area contributed by atoms with Crippen LogP contribution in [0.3, 0.4) is 0 Å². The second kappa shape index (κ2) is 10.9. The van der Waals surface area contributed by atoms with E-state index >= 15 is 0 Å². The zero-order valence-corrected chi connectivity index (χ0v) is 21.0. The van der Waals surface area contributed by atoms with Crippen molar-refractivity contribution in [2.45, 2.75) is 13.1 Å². The normalized spacial score (nSPS) is 11.0. The molecule has 0 radical (unpaired) electrons. The molecule has 13 heteroatoms. The molecule has 0 unspecified atom stereocenters. The molecule has 3 heterocycles. The van der Waals surface area contributed by atoms with Crippen molar-refractivity contribution < 1.29 is 22.7 Å². The van der Waals surface area contributed by atoms with Gasteiger partial charge in [-0.15, -0.1) is 0 Å². The number of carbonyl (C=O) groups excluding carboxylic acids is 1. The molecule has 0 fully saturated rings. The van der Waals surface area contributed by atoms with Gasteiger partial charge >= 0.3 is 0 Å². The number of methoxy groups -OCH3 is 1. The number of hydrogen-bond acceptors (Lipinski definition) is 8. The van der Waals surface area contributed by atoms with Crippen LogP contribution in [0.15, 0.2) is 52.0 Å². The van der Waals surface area contributed by atoms with Crippen molar-refractivity contribution in [2.24, 2.45) is 0 Å². The smallest absolute Gasteiger partial charge is 0.274 e. The largest absolute Gasteiger partial charge is 0.443 e. The van der Waals surface area contributed by atoms with Crippen molar-refractivity contribution in [3.8, 4) is 22.8 Å². The lowest BCUT2D eigenvalue weighted by molar-refractivity contribution is 0.0946. The predicted octanol–water partition coefficient (Wildman–Crippen LogP) is 3.00. The first-order chi connectivity index (χ1) is 17.3. The van der Waals surface area contributed by atoms with E-state index in [0.29, 0.717) is 15.9 Å². The van der Waals surface area contributed by atoms with E-state index in [9.17, 15) is 18.4 Å². The lowest BCUT2D eigenvalue weighted by Crippen LogP contribution is -2.27. The van der Waals surface area contributed by atoms with Crippen molar-refractivity contribution in [1.29, 1.82) is 0 Å². The minimum Gasteiger partial charge on any atom is -0.443 e. The van der Waals surface area contributed by atoms with Crippen LogP contribution in [0.2, 0.25) is 0 Å². The Kier molecular flexibility index (Phi) is 7.69. The maximum absolute atomic E-state index is 14.0. The molecule has 3 N–H and O–H groups in total. The number of ether oxygens (including phenoxy) is 1. The predicted molar refractivity (Wildman–Crippen MR) is 134 cm³/mol. The minimum atomic E-state index is -0.804. The fraction of sp³-hybridized carbons (Fsp3) is 0.174. The highest BCUT2D eigenvalue weighted by Gasteiger charge is 2.24. The van der Waals surface area contributed by atoms with Crippen molar-refractivity contribution >= 4 is 34.3 Å². The van der Waals surface area contributed by atoms with Crippen LogP contribution >= 0.6 is 22.6 Å². The highest BCUT2D eigenvalue weighted by atomic mass is 127. The first-order valence-corrected chi connectivity index (χ1v) is 11.6. The Morgan fingerprint density at radius 2 is 1.94 bits per heavy atom. The molecule has 4 aromatic rings. The van der Waals surface area contributed by atoms with Gasteiger partial charge in [0.1, 0.15) is 23.6 Å². The molecule has 0 atom stereocenters. The third-order valence-electron chi connectivity index (χ3n) is 5.15. The molecular weight excluding hydrogens is 589 g/mol. The number of oxazole rings is 1. The number of nitrogens with zero attached hydrogens (tertiary/aromatic N) is 4. The molecule has 0 aliphatic heterocycles. The summed E-state index contributed by atoms with van der Waals surface area (Å²) in [6.45, 7) is 0.133. The van der Waals surface area contributed by atoms with Gasteiger partial charge in [-0.3, -0.25) is 9.59 Å². The molecule has 0 spiro atoms. The Morgan fingerprint density at radius 1 is 1.19 bits per heavy atom. The van der Waals surface area contributed by atoms with Gasteiger partial charge in [0.25, 0.3) is 11.5 Å². The number of nitrogens with two attached hydrogens (primary N) is 1. The van der Waals surface area contributed by atoms with E-state index in [4.69, 9.17) is 14.9 Å². The summed E-state index contributed by atoms with van der Waals surface area (Å²) in [5, 5.41) is 2.42. The molecule has 10 nitrogen and oxygen atoms in total. The fourth-order valence-electron chi connectivity index (χ4n) is 3.37. The monoisotopic (exact) mass is 608 g/mol. The Bertz CT molecular complexity index is 1460. The standard InChI is InChI=1S/C23H19F2IN6O4/c1-35-10-8-32-16(33)6-5-12(20(32)26)17-18(23-28-7-9-36-23)31-21(27)19(30-17)22(34)29-11-13-14(24)3-2-4-15(13)25/h2-7,9H,8,10-11H2,1H3,(H2,27,31)(H,29,34). The maximum atomic E-state index is 14.0. The van der Waals surface area contributed by atoms with E-state index < -0.39 is 24.1 Å². The zero-order chi connectivity index (χ0) is 25.8. The average Bonchev–Trinajstić information content (AvgIpc) is 3.39. The lowest BCUT2D eigenvalue weighted by Gasteiger charge is -2.15. The molecule has 1 aromatic carbocycles. The van der Waals surface area contributed by atoms with Gasteiger partial charge in [0.2, 0.25) is 5.89 Å². The van der Waals surface area contributed by atoms with Gasteiger partial charge in [-0.05, 0) is 40.8 Å². The Morgan fingerprint density at radius 3 is 2.61 bits per heavy atom. The van der Waals surface area contributed by atoms with E-state index in [1.807, 2.05) is 22.6 Å². The summed E-state index contributed by atoms with van der Waals surface area (Å²) in [5.74, 6) is -2.56. The number of carbonyl (C=O) groups is 1. The van der Waals surface area contributed by atoms with Crippen molar-refractivity contribution in [1.82, 2.24) is 24.8 Å². The van der Waals surface area contributed by atoms with Crippen LogP contribution in [-0.4, -0.2) is 39.1 Å². The van der Waals surface area contributed by atoms with E-state index in [2.05, 4.69) is 20.3 Å². The number of halogens is 3. The van der Waals surface area contributed by atoms with E-state index in [-0.39, 0.29) is 46.5 Å². The van der Waals surface area contributed by atoms with Crippen molar-refractivity contribution in [2.75, 3.05) is 19.5 Å². The first-order valence-electron chi connectivity index (χ1n) is 10.5. The van der Waals surface area contributed by atoms with Crippen LogP contribution in [0.25, 0.3) is 22.8 Å². The Labute approximate surface area is 216 Å². The quantitative estimate of drug-likeness (QED) is 0.230. The second-order valence-corrected chi connectivity index (χ2v) is 8.42. The van der Waals surface area contributed by atoms with Gasteiger partial charge in [0, 0.05) is 30.8 Å². The number of nitrogen functional groups attached to an aromatic ring is 1. The van der Waals surface area contributed by atoms with Crippen molar-refractivity contribution in [3.63, 3.8) is 0 Å². The molecule has 36 heavy (non-hydrogen) atoms. The summed E-state index contributed by atoms with van der Waals surface area (Å²) >= 11 is 1.99. The Hall–Kier alpha value is -3.72. The van der Waals surface area contributed by atoms with Crippen LogP contribution in [0.4, 0.5) is 14.6 Å². The molecule has 186 valence electrons. The van der Waals surface area contributed by atoms with Gasteiger partial charge in [0.05, 0.1) is 23.0 Å². The van der Waals surface area contributed by atoms with Crippen LogP contribution in [-0.2, 0) is 17.8 Å². The number of nitrogens with one attached hydrogen (secondary N) is 1. The van der Waals surface area contributed by atoms with Gasteiger partial charge in [-0.2, -0.15) is 0 Å². The third kappa shape index (κ3) is 5.11. The summed E-state index contributed by atoms with van der Waals surface area (Å²) in [5.41, 5.74) is 5.96. The van der Waals surface area contributed by atoms with E-state index in [0.717, 1.165) is 12.1 Å². The molecule has 0 aliphatic carbocycles. The molecule has 4 rings (SSSR count). The summed E-state index contributed by atoms with van der Waals surface area (Å²) in [4.78, 5) is 38.2. The van der Waals surface area contributed by atoms with Crippen LogP contribution in [0, 0.1) is 15.3 Å². The van der Waals surface area contributed by atoms with Gasteiger partial charge in [-0.1, -0.05) is 6.07 Å². The molecule has 0 aliphatic rings. The van der Waals surface area contributed by atoms with Gasteiger partial charge in [0.15, 0.2) is 17.2 Å². The summed E-state index contributed by atoms with van der Waals surface area (Å²) in [7, 11) is 1.52. The number of amides is 1. The van der Waals surface area contributed by atoms with Gasteiger partial charge in [-0.25, -0.2) is 23.7 Å². The van der Waals surface area contributed by atoms with E-state index in [1.54, 1.807) is 0 Å². The summed E-state index contributed by atoms with van der Waals surface area (Å²) in [6.07, 6.45) is 2.75. The maximum Gasteiger partial charge on any atom is 0.274 e. The number of aromatic nitrogens is 4. The molecule has 3 aromatic heterocycles. The molecule has 0 saturated heterocycles. The number of rotatable bonds is 8. The van der Waals surface area contributed by atoms with Crippen LogP contribution in [0.1, 0.15) is 16.1 Å². The number of anilines is 1. The molecule has 1 amide bonds. The van der Waals surface area contributed by atoms with Crippen LogP contribution < -0.4 is 16.6 Å². The highest BCUT2D eigenvalue weighted by molar-refractivity contribution is 14.1. The lowest BCUT2D eigenvalue weighted by atomic mass is 10.1. The van der Waals surface area contributed by atoms with E-state index in [1.165, 1.54) is 42.3 Å². The SMILES string of the molecule is COCCn1c(I)c(-c2nc(C(=O)NCc3c(F)cccc3F)c(N)nc2-c2ncco2)ccc1=O. The van der Waals surface area contributed by atoms with Crippen molar-refractivity contribution in [3.05, 3.63) is 79.7 Å². The average molecular weight is 608 g/mol. The number of pyridine rings is 1. The zero-order valence-electron chi connectivity index (χ0n) is 18.8. The summed E-state index contributed by atoms with van der Waals surface area (Å²) < 4.78 is 40.4. The first kappa shape index (κ1) is 25.4. The molecular formula is C23H19F2IN6O4. The second-order valence-electron chi connectivity index (χ2n) is 7.40.